The fourth-order valence-corrected chi connectivity index (χ4v) is 3.66. The second kappa shape index (κ2) is 5.64. The number of nitrogens with zero attached hydrogens (tertiary/aromatic N) is 1. The van der Waals surface area contributed by atoms with Crippen molar-refractivity contribution in [1.29, 1.82) is 5.26 Å². The second-order valence-corrected chi connectivity index (χ2v) is 6.40. The van der Waals surface area contributed by atoms with Crippen LogP contribution in [0, 0.1) is 18.3 Å². The molecule has 0 bridgehead atoms. The topological polar surface area (TPSA) is 96.0 Å². The van der Waals surface area contributed by atoms with Crippen LogP contribution in [0.5, 0.6) is 0 Å². The van der Waals surface area contributed by atoms with Gasteiger partial charge in [-0.2, -0.15) is 5.26 Å². The van der Waals surface area contributed by atoms with Crippen LogP contribution in [0.25, 0.3) is 0 Å². The van der Waals surface area contributed by atoms with Gasteiger partial charge in [-0.25, -0.2) is 8.42 Å². The van der Waals surface area contributed by atoms with Crippen molar-refractivity contribution in [3.8, 4) is 6.07 Å². The monoisotopic (exact) mass is 321 g/mol. The summed E-state index contributed by atoms with van der Waals surface area (Å²) in [6.07, 6.45) is 0. The Morgan fingerprint density at radius 3 is 2.52 bits per heavy atom. The minimum Gasteiger partial charge on any atom is -0.398 e. The van der Waals surface area contributed by atoms with Gasteiger partial charge in [0.1, 0.15) is 11.0 Å². The minimum absolute atomic E-state index is 0.0219. The minimum atomic E-state index is -3.98. The van der Waals surface area contributed by atoms with E-state index in [1.807, 2.05) is 6.07 Å². The molecule has 0 saturated carbocycles. The van der Waals surface area contributed by atoms with Gasteiger partial charge < -0.3 is 5.73 Å². The number of rotatable bonds is 3. The van der Waals surface area contributed by atoms with E-state index in [2.05, 4.69) is 4.72 Å². The van der Waals surface area contributed by atoms with Crippen LogP contribution in [0.2, 0.25) is 5.02 Å². The highest BCUT2D eigenvalue weighted by Gasteiger charge is 2.22. The standard InChI is InChI=1S/C14H12ClN3O2S/c1-9-4-2-7-13(10(9)8-16)18-21(19,20)14-11(15)5-3-6-12(14)17/h2-7,18H,17H2,1H3. The van der Waals surface area contributed by atoms with Crippen molar-refractivity contribution >= 4 is 33.0 Å². The molecule has 0 fully saturated rings. The highest BCUT2D eigenvalue weighted by molar-refractivity contribution is 7.93. The first kappa shape index (κ1) is 15.2. The Labute approximate surface area is 128 Å². The first-order valence-electron chi connectivity index (χ1n) is 5.93. The normalized spacial score (nSPS) is 10.9. The van der Waals surface area contributed by atoms with Crippen molar-refractivity contribution in [2.24, 2.45) is 0 Å². The summed E-state index contributed by atoms with van der Waals surface area (Å²) < 4.78 is 27.2. The number of hydrogen-bond acceptors (Lipinski definition) is 4. The summed E-state index contributed by atoms with van der Waals surface area (Å²) in [7, 11) is -3.98. The molecule has 3 N–H and O–H groups in total. The second-order valence-electron chi connectivity index (χ2n) is 4.37. The quantitative estimate of drug-likeness (QED) is 0.849. The van der Waals surface area contributed by atoms with Gasteiger partial charge in [0.25, 0.3) is 10.0 Å². The summed E-state index contributed by atoms with van der Waals surface area (Å²) in [6.45, 7) is 1.72. The third kappa shape index (κ3) is 2.94. The molecule has 2 rings (SSSR count). The fourth-order valence-electron chi connectivity index (χ4n) is 1.91. The molecule has 0 amide bonds. The van der Waals surface area contributed by atoms with Gasteiger partial charge in [-0.1, -0.05) is 29.8 Å². The van der Waals surface area contributed by atoms with Crippen molar-refractivity contribution < 1.29 is 8.42 Å². The van der Waals surface area contributed by atoms with E-state index >= 15 is 0 Å². The van der Waals surface area contributed by atoms with Crippen molar-refractivity contribution in [3.05, 3.63) is 52.5 Å². The summed E-state index contributed by atoms with van der Waals surface area (Å²) in [5.74, 6) is 0. The largest absolute Gasteiger partial charge is 0.398 e. The van der Waals surface area contributed by atoms with Crippen LogP contribution < -0.4 is 10.5 Å². The van der Waals surface area contributed by atoms with Gasteiger partial charge in [-0.15, -0.1) is 0 Å². The zero-order valence-electron chi connectivity index (χ0n) is 11.1. The van der Waals surface area contributed by atoms with Crippen LogP contribution in [0.4, 0.5) is 11.4 Å². The molecule has 0 aromatic heterocycles. The lowest BCUT2D eigenvalue weighted by molar-refractivity contribution is 0.601. The average molecular weight is 322 g/mol. The molecule has 0 atom stereocenters. The molecule has 0 aliphatic heterocycles. The summed E-state index contributed by atoms with van der Waals surface area (Å²) in [5, 5.41) is 9.16. The maximum atomic E-state index is 12.4. The number of nitrogens with two attached hydrogens (primary N) is 1. The van der Waals surface area contributed by atoms with E-state index in [0.29, 0.717) is 5.56 Å². The molecule has 21 heavy (non-hydrogen) atoms. The number of halogens is 1. The molecular weight excluding hydrogens is 310 g/mol. The Kier molecular flexibility index (Phi) is 4.07. The maximum absolute atomic E-state index is 12.4. The van der Waals surface area contributed by atoms with E-state index in [9.17, 15) is 8.42 Å². The molecule has 0 heterocycles. The molecule has 0 spiro atoms. The molecule has 2 aromatic carbocycles. The number of nitrogen functional groups attached to an aromatic ring is 1. The Bertz CT molecular complexity index is 822. The first-order valence-corrected chi connectivity index (χ1v) is 7.79. The smallest absolute Gasteiger partial charge is 0.265 e. The summed E-state index contributed by atoms with van der Waals surface area (Å²) >= 11 is 5.92. The van der Waals surface area contributed by atoms with Crippen LogP contribution in [-0.4, -0.2) is 8.42 Å². The number of hydrogen-bond donors (Lipinski definition) is 2. The van der Waals surface area contributed by atoms with Gasteiger partial charge in [0.05, 0.1) is 22.0 Å². The van der Waals surface area contributed by atoms with Crippen molar-refractivity contribution in [1.82, 2.24) is 0 Å². The van der Waals surface area contributed by atoms with Crippen LogP contribution in [0.3, 0.4) is 0 Å². The van der Waals surface area contributed by atoms with Crippen LogP contribution in [-0.2, 0) is 10.0 Å². The lowest BCUT2D eigenvalue weighted by Gasteiger charge is -2.13. The van der Waals surface area contributed by atoms with E-state index in [1.54, 1.807) is 25.1 Å². The number of benzene rings is 2. The molecule has 5 nitrogen and oxygen atoms in total. The van der Waals surface area contributed by atoms with Gasteiger partial charge in [-0.05, 0) is 30.7 Å². The molecule has 0 aliphatic rings. The number of anilines is 2. The van der Waals surface area contributed by atoms with E-state index in [4.69, 9.17) is 22.6 Å². The number of aryl methyl sites for hydroxylation is 1. The van der Waals surface area contributed by atoms with Crippen molar-refractivity contribution in [3.63, 3.8) is 0 Å². The Hall–Kier alpha value is -2.23. The summed E-state index contributed by atoms with van der Waals surface area (Å²) in [6, 6.07) is 11.3. The molecule has 0 saturated heterocycles. The Morgan fingerprint density at radius 2 is 1.90 bits per heavy atom. The first-order chi connectivity index (χ1) is 9.86. The third-order valence-electron chi connectivity index (χ3n) is 2.90. The van der Waals surface area contributed by atoms with Crippen molar-refractivity contribution in [2.75, 3.05) is 10.5 Å². The van der Waals surface area contributed by atoms with E-state index in [-0.39, 0.29) is 26.9 Å². The average Bonchev–Trinajstić information content (AvgIpc) is 2.38. The molecule has 7 heteroatoms. The maximum Gasteiger partial charge on any atom is 0.265 e. The molecular formula is C14H12ClN3O2S. The fraction of sp³-hybridized carbons (Fsp3) is 0.0714. The van der Waals surface area contributed by atoms with Gasteiger partial charge in [0, 0.05) is 0 Å². The highest BCUT2D eigenvalue weighted by Crippen LogP contribution is 2.30. The molecule has 0 radical (unpaired) electrons. The summed E-state index contributed by atoms with van der Waals surface area (Å²) in [5.41, 5.74) is 6.85. The van der Waals surface area contributed by atoms with Gasteiger partial charge in [0.2, 0.25) is 0 Å². The van der Waals surface area contributed by atoms with Gasteiger partial charge in [0.15, 0.2) is 0 Å². The number of nitriles is 1. The molecule has 0 aliphatic carbocycles. The summed E-state index contributed by atoms with van der Waals surface area (Å²) in [4.78, 5) is -0.197. The number of nitrogens with one attached hydrogen (secondary N) is 1. The molecule has 108 valence electrons. The van der Waals surface area contributed by atoms with E-state index in [1.165, 1.54) is 18.2 Å². The Morgan fingerprint density at radius 1 is 1.24 bits per heavy atom. The zero-order chi connectivity index (χ0) is 15.6. The highest BCUT2D eigenvalue weighted by atomic mass is 35.5. The lowest BCUT2D eigenvalue weighted by Crippen LogP contribution is -2.16. The van der Waals surface area contributed by atoms with Crippen LogP contribution in [0.1, 0.15) is 11.1 Å². The molecule has 0 unspecified atom stereocenters. The Balaban J connectivity index is 2.54. The van der Waals surface area contributed by atoms with Crippen LogP contribution in [0.15, 0.2) is 41.3 Å². The number of sulfonamides is 1. The van der Waals surface area contributed by atoms with E-state index in [0.717, 1.165) is 0 Å². The predicted molar refractivity (Wildman–Crippen MR) is 82.6 cm³/mol. The molecule has 2 aromatic rings. The zero-order valence-corrected chi connectivity index (χ0v) is 12.7. The SMILES string of the molecule is Cc1cccc(NS(=O)(=O)c2c(N)cccc2Cl)c1C#N. The van der Waals surface area contributed by atoms with E-state index < -0.39 is 10.0 Å². The van der Waals surface area contributed by atoms with Gasteiger partial charge >= 0.3 is 0 Å². The third-order valence-corrected chi connectivity index (χ3v) is 4.80. The van der Waals surface area contributed by atoms with Crippen LogP contribution >= 0.6 is 11.6 Å². The van der Waals surface area contributed by atoms with Crippen molar-refractivity contribution in [2.45, 2.75) is 11.8 Å². The predicted octanol–water partition coefficient (Wildman–Crippen LogP) is 2.90. The van der Waals surface area contributed by atoms with Gasteiger partial charge in [-0.3, -0.25) is 4.72 Å². The lowest BCUT2D eigenvalue weighted by atomic mass is 10.1.